The number of benzene rings is 1. The SMILES string of the molecule is NC(=O)C=Cc1cccc(O)c1. The highest BCUT2D eigenvalue weighted by atomic mass is 16.3. The molecule has 0 saturated carbocycles. The Balaban J connectivity index is 2.83. The molecule has 0 aromatic heterocycles. The van der Waals surface area contributed by atoms with Gasteiger partial charge in [0, 0.05) is 6.08 Å². The first-order valence-electron chi connectivity index (χ1n) is 3.45. The van der Waals surface area contributed by atoms with E-state index in [2.05, 4.69) is 0 Å². The van der Waals surface area contributed by atoms with Gasteiger partial charge in [-0.1, -0.05) is 12.1 Å². The number of aromatic hydroxyl groups is 1. The van der Waals surface area contributed by atoms with Gasteiger partial charge in [-0.3, -0.25) is 4.79 Å². The van der Waals surface area contributed by atoms with E-state index in [1.807, 2.05) is 0 Å². The van der Waals surface area contributed by atoms with Crippen LogP contribution in [0.3, 0.4) is 0 Å². The van der Waals surface area contributed by atoms with Crippen molar-refractivity contribution in [3.8, 4) is 5.75 Å². The number of phenolic OH excluding ortho intramolecular Hbond substituents is 1. The van der Waals surface area contributed by atoms with Gasteiger partial charge in [-0.05, 0) is 23.8 Å². The molecule has 0 atom stereocenters. The molecule has 0 saturated heterocycles. The zero-order valence-electron chi connectivity index (χ0n) is 6.40. The van der Waals surface area contributed by atoms with E-state index in [4.69, 9.17) is 10.8 Å². The van der Waals surface area contributed by atoms with E-state index in [-0.39, 0.29) is 5.75 Å². The number of nitrogens with two attached hydrogens (primary N) is 1. The monoisotopic (exact) mass is 163 g/mol. The van der Waals surface area contributed by atoms with Crippen LogP contribution >= 0.6 is 0 Å². The van der Waals surface area contributed by atoms with Crippen molar-refractivity contribution in [1.82, 2.24) is 0 Å². The number of carbonyl (C=O) groups is 1. The summed E-state index contributed by atoms with van der Waals surface area (Å²) in [6.45, 7) is 0. The molecule has 12 heavy (non-hydrogen) atoms. The number of hydrogen-bond acceptors (Lipinski definition) is 2. The predicted octanol–water partition coefficient (Wildman–Crippen LogP) is 0.891. The van der Waals surface area contributed by atoms with Crippen molar-refractivity contribution < 1.29 is 9.90 Å². The topological polar surface area (TPSA) is 63.3 Å². The van der Waals surface area contributed by atoms with Crippen LogP contribution in [0, 0.1) is 0 Å². The summed E-state index contributed by atoms with van der Waals surface area (Å²) in [6.07, 6.45) is 2.79. The molecule has 1 aromatic carbocycles. The second-order valence-electron chi connectivity index (χ2n) is 2.33. The summed E-state index contributed by atoms with van der Waals surface area (Å²) < 4.78 is 0. The van der Waals surface area contributed by atoms with Crippen LogP contribution in [-0.2, 0) is 4.79 Å². The molecule has 1 aromatic rings. The average Bonchev–Trinajstić information content (AvgIpc) is 2.01. The van der Waals surface area contributed by atoms with Crippen molar-refractivity contribution in [3.05, 3.63) is 35.9 Å². The maximum atomic E-state index is 10.3. The molecule has 0 unspecified atom stereocenters. The summed E-state index contributed by atoms with van der Waals surface area (Å²) in [7, 11) is 0. The van der Waals surface area contributed by atoms with Crippen molar-refractivity contribution in [2.24, 2.45) is 5.73 Å². The average molecular weight is 163 g/mol. The lowest BCUT2D eigenvalue weighted by Gasteiger charge is -1.92. The second-order valence-corrected chi connectivity index (χ2v) is 2.33. The van der Waals surface area contributed by atoms with Crippen molar-refractivity contribution in [2.75, 3.05) is 0 Å². The quantitative estimate of drug-likeness (QED) is 0.636. The Bertz CT molecular complexity index is 318. The third kappa shape index (κ3) is 2.46. The zero-order chi connectivity index (χ0) is 8.97. The molecule has 0 aliphatic rings. The van der Waals surface area contributed by atoms with Crippen LogP contribution < -0.4 is 5.73 Å². The van der Waals surface area contributed by atoms with Crippen LogP contribution in [-0.4, -0.2) is 11.0 Å². The Morgan fingerprint density at radius 3 is 2.83 bits per heavy atom. The molecule has 0 aliphatic heterocycles. The standard InChI is InChI=1S/C9H9NO2/c10-9(12)5-4-7-2-1-3-8(11)6-7/h1-6,11H,(H2,10,12). The van der Waals surface area contributed by atoms with Gasteiger partial charge in [0.1, 0.15) is 5.75 Å². The van der Waals surface area contributed by atoms with Gasteiger partial charge in [-0.15, -0.1) is 0 Å². The Morgan fingerprint density at radius 2 is 2.25 bits per heavy atom. The lowest BCUT2D eigenvalue weighted by Crippen LogP contribution is -2.04. The number of rotatable bonds is 2. The first-order valence-corrected chi connectivity index (χ1v) is 3.45. The van der Waals surface area contributed by atoms with Gasteiger partial charge in [-0.2, -0.15) is 0 Å². The molecule has 3 nitrogen and oxygen atoms in total. The highest BCUT2D eigenvalue weighted by Gasteiger charge is 1.89. The van der Waals surface area contributed by atoms with Crippen LogP contribution in [0.5, 0.6) is 5.75 Å². The number of phenols is 1. The van der Waals surface area contributed by atoms with Crippen LogP contribution in [0.4, 0.5) is 0 Å². The summed E-state index contributed by atoms with van der Waals surface area (Å²) in [5, 5.41) is 9.03. The van der Waals surface area contributed by atoms with E-state index < -0.39 is 5.91 Å². The van der Waals surface area contributed by atoms with E-state index in [1.165, 1.54) is 6.08 Å². The minimum absolute atomic E-state index is 0.168. The Labute approximate surface area is 70.1 Å². The largest absolute Gasteiger partial charge is 0.508 e. The molecule has 0 radical (unpaired) electrons. The molecule has 62 valence electrons. The minimum Gasteiger partial charge on any atom is -0.508 e. The molecule has 1 rings (SSSR count). The van der Waals surface area contributed by atoms with Crippen LogP contribution in [0.25, 0.3) is 6.08 Å². The molecule has 0 spiro atoms. The molecular weight excluding hydrogens is 154 g/mol. The molecule has 0 bridgehead atoms. The van der Waals surface area contributed by atoms with Crippen molar-refractivity contribution in [1.29, 1.82) is 0 Å². The summed E-state index contributed by atoms with van der Waals surface area (Å²) in [6, 6.07) is 6.55. The van der Waals surface area contributed by atoms with Gasteiger partial charge in [0.25, 0.3) is 0 Å². The Hall–Kier alpha value is -1.77. The lowest BCUT2D eigenvalue weighted by molar-refractivity contribution is -0.113. The Morgan fingerprint density at radius 1 is 1.50 bits per heavy atom. The fraction of sp³-hybridized carbons (Fsp3) is 0. The van der Waals surface area contributed by atoms with Crippen molar-refractivity contribution in [3.63, 3.8) is 0 Å². The van der Waals surface area contributed by atoms with Gasteiger partial charge in [0.15, 0.2) is 0 Å². The maximum absolute atomic E-state index is 10.3. The van der Waals surface area contributed by atoms with E-state index in [0.29, 0.717) is 0 Å². The van der Waals surface area contributed by atoms with E-state index in [9.17, 15) is 4.79 Å². The fourth-order valence-corrected chi connectivity index (χ4v) is 0.807. The molecule has 3 N–H and O–H groups in total. The third-order valence-electron chi connectivity index (χ3n) is 1.31. The van der Waals surface area contributed by atoms with Gasteiger partial charge < -0.3 is 10.8 Å². The Kier molecular flexibility index (Phi) is 2.48. The first-order chi connectivity index (χ1) is 5.68. The molecule has 1 amide bonds. The summed E-state index contributed by atoms with van der Waals surface area (Å²) in [5.41, 5.74) is 5.63. The molecule has 0 heterocycles. The third-order valence-corrected chi connectivity index (χ3v) is 1.31. The smallest absolute Gasteiger partial charge is 0.241 e. The first kappa shape index (κ1) is 8.33. The van der Waals surface area contributed by atoms with Crippen LogP contribution in [0.2, 0.25) is 0 Å². The molecule has 0 aliphatic carbocycles. The van der Waals surface area contributed by atoms with E-state index >= 15 is 0 Å². The number of carbonyl (C=O) groups excluding carboxylic acids is 1. The maximum Gasteiger partial charge on any atom is 0.241 e. The number of hydrogen-bond donors (Lipinski definition) is 2. The summed E-state index contributed by atoms with van der Waals surface area (Å²) >= 11 is 0. The minimum atomic E-state index is -0.502. The molecular formula is C9H9NO2. The summed E-state index contributed by atoms with van der Waals surface area (Å²) in [5.74, 6) is -0.333. The number of amides is 1. The van der Waals surface area contributed by atoms with Gasteiger partial charge in [0.2, 0.25) is 5.91 Å². The fourth-order valence-electron chi connectivity index (χ4n) is 0.807. The highest BCUT2D eigenvalue weighted by Crippen LogP contribution is 2.11. The van der Waals surface area contributed by atoms with E-state index in [0.717, 1.165) is 5.56 Å². The normalized spacial score (nSPS) is 10.3. The van der Waals surface area contributed by atoms with Crippen molar-refractivity contribution in [2.45, 2.75) is 0 Å². The van der Waals surface area contributed by atoms with Crippen molar-refractivity contribution >= 4 is 12.0 Å². The lowest BCUT2D eigenvalue weighted by atomic mass is 10.2. The predicted molar refractivity (Wildman–Crippen MR) is 46.3 cm³/mol. The van der Waals surface area contributed by atoms with E-state index in [1.54, 1.807) is 30.3 Å². The molecule has 0 fully saturated rings. The van der Waals surface area contributed by atoms with Gasteiger partial charge in [0.05, 0.1) is 0 Å². The summed E-state index contributed by atoms with van der Waals surface area (Å²) in [4.78, 5) is 10.3. The second kappa shape index (κ2) is 3.57. The number of primary amides is 1. The van der Waals surface area contributed by atoms with Gasteiger partial charge in [-0.25, -0.2) is 0 Å². The van der Waals surface area contributed by atoms with Gasteiger partial charge >= 0.3 is 0 Å². The molecule has 3 heteroatoms. The zero-order valence-corrected chi connectivity index (χ0v) is 6.40. The highest BCUT2D eigenvalue weighted by molar-refractivity contribution is 5.90. The van der Waals surface area contributed by atoms with Crippen LogP contribution in [0.15, 0.2) is 30.3 Å². The van der Waals surface area contributed by atoms with Crippen LogP contribution in [0.1, 0.15) is 5.56 Å².